The molecule has 1 aliphatic rings. The van der Waals surface area contributed by atoms with E-state index in [0.717, 1.165) is 29.5 Å². The third-order valence-corrected chi connectivity index (χ3v) is 5.52. The lowest BCUT2D eigenvalue weighted by Crippen LogP contribution is -2.28. The van der Waals surface area contributed by atoms with Crippen molar-refractivity contribution in [1.82, 2.24) is 20.3 Å². The molecule has 1 amide bonds. The Balaban J connectivity index is 1.28. The molecule has 1 N–H and O–H groups in total. The number of hydrogen-bond donors (Lipinski definition) is 1. The molecule has 3 aromatic rings. The van der Waals surface area contributed by atoms with Gasteiger partial charge >= 0.3 is 0 Å². The van der Waals surface area contributed by atoms with Crippen molar-refractivity contribution in [2.75, 3.05) is 31.1 Å². The van der Waals surface area contributed by atoms with Crippen molar-refractivity contribution in [3.05, 3.63) is 53.3 Å². The number of ether oxygens (including phenoxy) is 1. The molecule has 8 heteroatoms. The number of hydrogen-bond acceptors (Lipinski definition) is 7. The third-order valence-electron chi connectivity index (χ3n) is 4.63. The molecule has 0 radical (unpaired) electrons. The molecule has 0 unspecified atom stereocenters. The summed E-state index contributed by atoms with van der Waals surface area (Å²) in [6, 6.07) is 11.7. The Hall–Kier alpha value is -3.00. The van der Waals surface area contributed by atoms with Crippen molar-refractivity contribution in [2.24, 2.45) is 0 Å². The Labute approximate surface area is 173 Å². The van der Waals surface area contributed by atoms with Crippen molar-refractivity contribution in [3.63, 3.8) is 0 Å². The highest BCUT2D eigenvalue weighted by Crippen LogP contribution is 2.23. The number of anilines is 1. The molecular weight excluding hydrogens is 386 g/mol. The van der Waals surface area contributed by atoms with Gasteiger partial charge in [-0.25, -0.2) is 9.97 Å². The van der Waals surface area contributed by atoms with E-state index in [-0.39, 0.29) is 5.91 Å². The molecule has 0 atom stereocenters. The molecule has 7 nitrogen and oxygen atoms in total. The van der Waals surface area contributed by atoms with E-state index >= 15 is 0 Å². The van der Waals surface area contributed by atoms with Gasteiger partial charge in [0, 0.05) is 30.1 Å². The first-order valence-electron chi connectivity index (χ1n) is 9.71. The zero-order valence-electron chi connectivity index (χ0n) is 16.3. The number of nitrogens with one attached hydrogen (secondary N) is 1. The number of aryl methyl sites for hydroxylation is 1. The van der Waals surface area contributed by atoms with Crippen LogP contribution in [0.25, 0.3) is 10.6 Å². The van der Waals surface area contributed by atoms with Crippen LogP contribution in [-0.4, -0.2) is 47.1 Å². The summed E-state index contributed by atoms with van der Waals surface area (Å²) >= 11 is 1.46. The number of nitrogens with zero attached hydrogens (tertiary/aromatic N) is 4. The second-order valence-electron chi connectivity index (χ2n) is 6.81. The zero-order valence-corrected chi connectivity index (χ0v) is 17.1. The summed E-state index contributed by atoms with van der Waals surface area (Å²) in [4.78, 5) is 27.8. The minimum atomic E-state index is -0.205. The lowest BCUT2D eigenvalue weighted by molar-refractivity contribution is 0.0942. The fraction of sp³-hybridized carbons (Fsp3) is 0.333. The molecule has 0 bridgehead atoms. The number of amides is 1. The van der Waals surface area contributed by atoms with Crippen LogP contribution in [-0.2, 0) is 0 Å². The zero-order chi connectivity index (χ0) is 20.1. The summed E-state index contributed by atoms with van der Waals surface area (Å²) in [5.41, 5.74) is 1.43. The van der Waals surface area contributed by atoms with Gasteiger partial charge in [-0.2, -0.15) is 4.98 Å². The average molecular weight is 410 g/mol. The van der Waals surface area contributed by atoms with Gasteiger partial charge in [0.05, 0.1) is 6.54 Å². The largest absolute Gasteiger partial charge is 0.476 e. The number of carbonyl (C=O) groups excluding carboxylic acids is 1. The first-order chi connectivity index (χ1) is 14.2. The van der Waals surface area contributed by atoms with E-state index in [1.54, 1.807) is 5.38 Å². The van der Waals surface area contributed by atoms with Crippen LogP contribution in [0.2, 0.25) is 0 Å². The minimum absolute atomic E-state index is 0.205. The monoisotopic (exact) mass is 409 g/mol. The van der Waals surface area contributed by atoms with Crippen LogP contribution in [0.3, 0.4) is 0 Å². The van der Waals surface area contributed by atoms with Crippen LogP contribution < -0.4 is 15.0 Å². The number of carbonyl (C=O) groups is 1. The van der Waals surface area contributed by atoms with Gasteiger partial charge in [0.1, 0.15) is 29.0 Å². The highest BCUT2D eigenvalue weighted by atomic mass is 32.1. The van der Waals surface area contributed by atoms with E-state index in [2.05, 4.69) is 25.2 Å². The van der Waals surface area contributed by atoms with Crippen LogP contribution in [0.4, 0.5) is 5.82 Å². The summed E-state index contributed by atoms with van der Waals surface area (Å²) in [7, 11) is 0. The third kappa shape index (κ3) is 4.89. The first kappa shape index (κ1) is 19.3. The van der Waals surface area contributed by atoms with Gasteiger partial charge in [-0.05, 0) is 19.8 Å². The predicted octanol–water partition coefficient (Wildman–Crippen LogP) is 3.32. The second kappa shape index (κ2) is 9.00. The highest BCUT2D eigenvalue weighted by Gasteiger charge is 2.16. The van der Waals surface area contributed by atoms with Gasteiger partial charge < -0.3 is 15.0 Å². The van der Waals surface area contributed by atoms with Gasteiger partial charge in [-0.3, -0.25) is 4.79 Å². The smallest absolute Gasteiger partial charge is 0.270 e. The Morgan fingerprint density at radius 3 is 2.76 bits per heavy atom. The van der Waals surface area contributed by atoms with Crippen LogP contribution in [0.15, 0.2) is 41.8 Å². The SMILES string of the molecule is Cc1nc(OCCNC(=O)c2csc(-c3ccccc3)n2)cc(N2CCCC2)n1. The van der Waals surface area contributed by atoms with Crippen molar-refractivity contribution >= 4 is 23.1 Å². The minimum Gasteiger partial charge on any atom is -0.476 e. The van der Waals surface area contributed by atoms with Crippen LogP contribution in [0.5, 0.6) is 5.88 Å². The molecule has 1 aliphatic heterocycles. The summed E-state index contributed by atoms with van der Waals surface area (Å²) in [6.45, 7) is 4.60. The molecule has 0 saturated carbocycles. The molecular formula is C21H23N5O2S. The fourth-order valence-electron chi connectivity index (χ4n) is 3.21. The molecule has 4 rings (SSSR count). The van der Waals surface area contributed by atoms with Crippen LogP contribution in [0.1, 0.15) is 29.2 Å². The maximum atomic E-state index is 12.3. The van der Waals surface area contributed by atoms with Crippen molar-refractivity contribution in [3.8, 4) is 16.5 Å². The lowest BCUT2D eigenvalue weighted by atomic mass is 10.2. The van der Waals surface area contributed by atoms with E-state index in [0.29, 0.717) is 30.5 Å². The van der Waals surface area contributed by atoms with Gasteiger partial charge in [-0.15, -0.1) is 11.3 Å². The standard InChI is InChI=1S/C21H23N5O2S/c1-15-23-18(26-10-5-6-11-26)13-19(24-15)28-12-9-22-20(27)17-14-29-21(25-17)16-7-3-2-4-8-16/h2-4,7-8,13-14H,5-6,9-12H2,1H3,(H,22,27). The van der Waals surface area contributed by atoms with Gasteiger partial charge in [0.25, 0.3) is 5.91 Å². The van der Waals surface area contributed by atoms with E-state index < -0.39 is 0 Å². The maximum absolute atomic E-state index is 12.3. The van der Waals surface area contributed by atoms with Gasteiger partial charge in [-0.1, -0.05) is 30.3 Å². The maximum Gasteiger partial charge on any atom is 0.270 e. The van der Waals surface area contributed by atoms with Gasteiger partial charge in [0.15, 0.2) is 0 Å². The molecule has 3 heterocycles. The number of thiazole rings is 1. The Bertz CT molecular complexity index is 970. The normalized spacial score (nSPS) is 13.5. The van der Waals surface area contributed by atoms with Crippen molar-refractivity contribution < 1.29 is 9.53 Å². The Morgan fingerprint density at radius 1 is 1.17 bits per heavy atom. The van der Waals surface area contributed by atoms with Gasteiger partial charge in [0.2, 0.25) is 5.88 Å². The van der Waals surface area contributed by atoms with Crippen molar-refractivity contribution in [2.45, 2.75) is 19.8 Å². The summed E-state index contributed by atoms with van der Waals surface area (Å²) in [5.74, 6) is 1.92. The van der Waals surface area contributed by atoms with Crippen molar-refractivity contribution in [1.29, 1.82) is 0 Å². The lowest BCUT2D eigenvalue weighted by Gasteiger charge is -2.17. The second-order valence-corrected chi connectivity index (χ2v) is 7.67. The number of aromatic nitrogens is 3. The molecule has 0 spiro atoms. The molecule has 1 saturated heterocycles. The van der Waals surface area contributed by atoms with E-state index in [1.165, 1.54) is 24.2 Å². The summed E-state index contributed by atoms with van der Waals surface area (Å²) < 4.78 is 5.74. The van der Waals surface area contributed by atoms with E-state index in [1.807, 2.05) is 43.3 Å². The quantitative estimate of drug-likeness (QED) is 0.603. The molecule has 150 valence electrons. The van der Waals surface area contributed by atoms with Crippen LogP contribution in [0, 0.1) is 6.92 Å². The fourth-order valence-corrected chi connectivity index (χ4v) is 4.02. The molecule has 29 heavy (non-hydrogen) atoms. The topological polar surface area (TPSA) is 80.2 Å². The number of rotatable bonds is 7. The molecule has 0 aliphatic carbocycles. The summed E-state index contributed by atoms with van der Waals surface area (Å²) in [6.07, 6.45) is 2.38. The first-order valence-corrected chi connectivity index (χ1v) is 10.6. The van der Waals surface area contributed by atoms with E-state index in [9.17, 15) is 4.79 Å². The molecule has 1 fully saturated rings. The Morgan fingerprint density at radius 2 is 1.97 bits per heavy atom. The highest BCUT2D eigenvalue weighted by molar-refractivity contribution is 7.13. The Kier molecular flexibility index (Phi) is 6.00. The predicted molar refractivity (Wildman–Crippen MR) is 114 cm³/mol. The number of benzene rings is 1. The van der Waals surface area contributed by atoms with Crippen LogP contribution >= 0.6 is 11.3 Å². The van der Waals surface area contributed by atoms with E-state index in [4.69, 9.17) is 4.74 Å². The summed E-state index contributed by atoms with van der Waals surface area (Å²) in [5, 5.41) is 5.45. The molecule has 1 aromatic carbocycles. The molecule has 2 aromatic heterocycles. The average Bonchev–Trinajstić information content (AvgIpc) is 3.44.